The molecule has 0 atom stereocenters. The van der Waals surface area contributed by atoms with E-state index < -0.39 is 5.82 Å². The number of nitriles is 1. The third-order valence-corrected chi connectivity index (χ3v) is 2.90. The Morgan fingerprint density at radius 3 is 2.42 bits per heavy atom. The summed E-state index contributed by atoms with van der Waals surface area (Å²) in [5, 5.41) is 8.81. The predicted molar refractivity (Wildman–Crippen MR) is 72.7 cm³/mol. The van der Waals surface area contributed by atoms with Crippen LogP contribution in [0.4, 0.5) is 4.39 Å². The molecule has 2 rings (SSSR count). The summed E-state index contributed by atoms with van der Waals surface area (Å²) in [7, 11) is 2.00. The summed E-state index contributed by atoms with van der Waals surface area (Å²) in [6.45, 7) is 1.50. The van der Waals surface area contributed by atoms with Crippen molar-refractivity contribution in [1.29, 1.82) is 5.26 Å². The number of nitrogens with zero attached hydrogens (tertiary/aromatic N) is 2. The first-order chi connectivity index (χ1) is 9.19. The van der Waals surface area contributed by atoms with Gasteiger partial charge >= 0.3 is 0 Å². The SMILES string of the molecule is CN(Cc1ccccc1)Cc1ccc(F)c(C#N)c1. The van der Waals surface area contributed by atoms with Gasteiger partial charge in [-0.05, 0) is 30.3 Å². The Morgan fingerprint density at radius 1 is 1.05 bits per heavy atom. The van der Waals surface area contributed by atoms with E-state index in [9.17, 15) is 4.39 Å². The maximum atomic E-state index is 13.2. The molecule has 0 saturated heterocycles. The molecule has 0 radical (unpaired) electrons. The fourth-order valence-electron chi connectivity index (χ4n) is 2.02. The summed E-state index contributed by atoms with van der Waals surface area (Å²) in [5.41, 5.74) is 2.27. The highest BCUT2D eigenvalue weighted by molar-refractivity contribution is 5.34. The van der Waals surface area contributed by atoms with E-state index in [-0.39, 0.29) is 5.56 Å². The van der Waals surface area contributed by atoms with Gasteiger partial charge in [-0.3, -0.25) is 4.90 Å². The third-order valence-electron chi connectivity index (χ3n) is 2.90. The zero-order valence-electron chi connectivity index (χ0n) is 10.8. The molecule has 0 aliphatic heterocycles. The van der Waals surface area contributed by atoms with Gasteiger partial charge in [0.05, 0.1) is 5.56 Å². The van der Waals surface area contributed by atoms with Crippen molar-refractivity contribution in [3.63, 3.8) is 0 Å². The van der Waals surface area contributed by atoms with Crippen molar-refractivity contribution in [3.8, 4) is 6.07 Å². The van der Waals surface area contributed by atoms with E-state index in [1.54, 1.807) is 12.1 Å². The second kappa shape index (κ2) is 6.12. The molecule has 3 heteroatoms. The average Bonchev–Trinajstić information content (AvgIpc) is 2.42. The van der Waals surface area contributed by atoms with E-state index in [0.717, 1.165) is 12.1 Å². The number of hydrogen-bond donors (Lipinski definition) is 0. The topological polar surface area (TPSA) is 27.0 Å². The van der Waals surface area contributed by atoms with Gasteiger partial charge in [0.25, 0.3) is 0 Å². The Balaban J connectivity index is 2.03. The van der Waals surface area contributed by atoms with Crippen LogP contribution < -0.4 is 0 Å². The summed E-state index contributed by atoms with van der Waals surface area (Å²) in [6.07, 6.45) is 0. The first kappa shape index (κ1) is 13.3. The van der Waals surface area contributed by atoms with Gasteiger partial charge in [0.2, 0.25) is 0 Å². The standard InChI is InChI=1S/C16H15FN2/c1-19(11-13-5-3-2-4-6-13)12-14-7-8-16(17)15(9-14)10-18/h2-9H,11-12H2,1H3. The second-order valence-electron chi connectivity index (χ2n) is 4.58. The van der Waals surface area contributed by atoms with Gasteiger partial charge < -0.3 is 0 Å². The van der Waals surface area contributed by atoms with Gasteiger partial charge in [0, 0.05) is 13.1 Å². The molecule has 0 unspecified atom stereocenters. The quantitative estimate of drug-likeness (QED) is 0.836. The van der Waals surface area contributed by atoms with E-state index in [2.05, 4.69) is 17.0 Å². The summed E-state index contributed by atoms with van der Waals surface area (Å²) in [4.78, 5) is 2.13. The largest absolute Gasteiger partial charge is 0.298 e. The average molecular weight is 254 g/mol. The third kappa shape index (κ3) is 3.64. The van der Waals surface area contributed by atoms with Crippen LogP contribution in [0, 0.1) is 17.1 Å². The van der Waals surface area contributed by atoms with Gasteiger partial charge in [-0.25, -0.2) is 4.39 Å². The van der Waals surface area contributed by atoms with Crippen molar-refractivity contribution in [2.45, 2.75) is 13.1 Å². The lowest BCUT2D eigenvalue weighted by Gasteiger charge is -2.17. The zero-order chi connectivity index (χ0) is 13.7. The minimum absolute atomic E-state index is 0.102. The van der Waals surface area contributed by atoms with Crippen LogP contribution in [0.5, 0.6) is 0 Å². The smallest absolute Gasteiger partial charge is 0.140 e. The van der Waals surface area contributed by atoms with Crippen LogP contribution in [-0.2, 0) is 13.1 Å². The molecular formula is C16H15FN2. The Labute approximate surface area is 112 Å². The molecule has 0 fully saturated rings. The van der Waals surface area contributed by atoms with E-state index >= 15 is 0 Å². The van der Waals surface area contributed by atoms with Crippen molar-refractivity contribution in [1.82, 2.24) is 4.90 Å². The van der Waals surface area contributed by atoms with Gasteiger partial charge in [-0.15, -0.1) is 0 Å². The fourth-order valence-corrected chi connectivity index (χ4v) is 2.02. The molecule has 2 aromatic carbocycles. The van der Waals surface area contributed by atoms with Crippen LogP contribution in [0.25, 0.3) is 0 Å². The molecule has 2 nitrogen and oxygen atoms in total. The normalized spacial score (nSPS) is 10.4. The molecule has 0 aromatic heterocycles. The van der Waals surface area contributed by atoms with Crippen molar-refractivity contribution >= 4 is 0 Å². The van der Waals surface area contributed by atoms with Gasteiger partial charge in [0.1, 0.15) is 11.9 Å². The summed E-state index contributed by atoms with van der Waals surface area (Å²) < 4.78 is 13.2. The monoisotopic (exact) mass is 254 g/mol. The van der Waals surface area contributed by atoms with Gasteiger partial charge in [-0.2, -0.15) is 5.26 Å². The Bertz CT molecular complexity index is 587. The lowest BCUT2D eigenvalue weighted by atomic mass is 10.1. The van der Waals surface area contributed by atoms with Crippen molar-refractivity contribution in [2.24, 2.45) is 0 Å². The number of hydrogen-bond acceptors (Lipinski definition) is 2. The van der Waals surface area contributed by atoms with Crippen LogP contribution >= 0.6 is 0 Å². The fraction of sp³-hybridized carbons (Fsp3) is 0.188. The first-order valence-corrected chi connectivity index (χ1v) is 6.10. The minimum Gasteiger partial charge on any atom is -0.298 e. The van der Waals surface area contributed by atoms with Crippen molar-refractivity contribution < 1.29 is 4.39 Å². The Kier molecular flexibility index (Phi) is 4.27. The number of rotatable bonds is 4. The molecule has 0 aliphatic rings. The van der Waals surface area contributed by atoms with E-state index in [1.165, 1.54) is 11.6 Å². The van der Waals surface area contributed by atoms with E-state index in [4.69, 9.17) is 5.26 Å². The lowest BCUT2D eigenvalue weighted by Crippen LogP contribution is -2.17. The molecule has 0 saturated carbocycles. The molecule has 2 aromatic rings. The maximum absolute atomic E-state index is 13.2. The molecule has 0 heterocycles. The summed E-state index contributed by atoms with van der Waals surface area (Å²) in [6, 6.07) is 16.7. The molecule has 0 N–H and O–H groups in total. The molecule has 0 aliphatic carbocycles. The number of halogens is 1. The highest BCUT2D eigenvalue weighted by atomic mass is 19.1. The molecule has 0 bridgehead atoms. The lowest BCUT2D eigenvalue weighted by molar-refractivity contribution is 0.319. The molecule has 0 spiro atoms. The van der Waals surface area contributed by atoms with Gasteiger partial charge in [-0.1, -0.05) is 36.4 Å². The zero-order valence-corrected chi connectivity index (χ0v) is 10.8. The highest BCUT2D eigenvalue weighted by Crippen LogP contribution is 2.12. The summed E-state index contributed by atoms with van der Waals surface area (Å²) >= 11 is 0. The van der Waals surface area contributed by atoms with Crippen LogP contribution in [0.1, 0.15) is 16.7 Å². The molecular weight excluding hydrogens is 239 g/mol. The molecule has 19 heavy (non-hydrogen) atoms. The predicted octanol–water partition coefficient (Wildman–Crippen LogP) is 3.33. The molecule has 96 valence electrons. The highest BCUT2D eigenvalue weighted by Gasteiger charge is 2.05. The van der Waals surface area contributed by atoms with Crippen LogP contribution in [0.3, 0.4) is 0 Å². The number of benzene rings is 2. The van der Waals surface area contributed by atoms with Gasteiger partial charge in [0.15, 0.2) is 0 Å². The van der Waals surface area contributed by atoms with E-state index in [1.807, 2.05) is 31.3 Å². The second-order valence-corrected chi connectivity index (χ2v) is 4.58. The minimum atomic E-state index is -0.461. The maximum Gasteiger partial charge on any atom is 0.140 e. The first-order valence-electron chi connectivity index (χ1n) is 6.10. The van der Waals surface area contributed by atoms with E-state index in [0.29, 0.717) is 6.54 Å². The summed E-state index contributed by atoms with van der Waals surface area (Å²) in [5.74, 6) is -0.461. The molecule has 0 amide bonds. The van der Waals surface area contributed by atoms with Crippen LogP contribution in [0.15, 0.2) is 48.5 Å². The van der Waals surface area contributed by atoms with Crippen LogP contribution in [-0.4, -0.2) is 11.9 Å². The van der Waals surface area contributed by atoms with Crippen molar-refractivity contribution in [3.05, 3.63) is 71.0 Å². The Morgan fingerprint density at radius 2 is 1.74 bits per heavy atom. The van der Waals surface area contributed by atoms with Crippen LogP contribution in [0.2, 0.25) is 0 Å². The Hall–Kier alpha value is -2.18. The van der Waals surface area contributed by atoms with Crippen molar-refractivity contribution in [2.75, 3.05) is 7.05 Å².